The first-order valence-corrected chi connectivity index (χ1v) is 6.09. The van der Waals surface area contributed by atoms with Gasteiger partial charge in [0.15, 0.2) is 0 Å². The first kappa shape index (κ1) is 13.8. The van der Waals surface area contributed by atoms with Gasteiger partial charge in [0.05, 0.1) is 5.03 Å². The third kappa shape index (κ3) is 7.89. The Morgan fingerprint density at radius 3 is 2.31 bits per heavy atom. The van der Waals surface area contributed by atoms with Gasteiger partial charge in [-0.15, -0.1) is 0 Å². The third-order valence-electron chi connectivity index (χ3n) is 0.942. The predicted octanol–water partition coefficient (Wildman–Crippen LogP) is 3.89. The molecule has 1 N–H and O–H groups in total. The summed E-state index contributed by atoms with van der Waals surface area (Å²) in [7, 11) is 0. The Hall–Kier alpha value is 0.850. The molecule has 0 bridgehead atoms. The lowest BCUT2D eigenvalue weighted by atomic mass is 10.4. The van der Waals surface area contributed by atoms with Gasteiger partial charge in [0.1, 0.15) is 8.81 Å². The largest absolute Gasteiger partial charge is 0.369 e. The zero-order valence-electron chi connectivity index (χ0n) is 7.23. The minimum absolute atomic E-state index is 0.0986. The molecule has 0 radical (unpaired) electrons. The van der Waals surface area contributed by atoms with Crippen molar-refractivity contribution in [3.05, 3.63) is 9.52 Å². The lowest BCUT2D eigenvalue weighted by Crippen LogP contribution is -2.26. The fraction of sp³-hybridized carbons (Fsp3) is 0.571. The Kier molecular flexibility index (Phi) is 7.65. The van der Waals surface area contributed by atoms with Crippen LogP contribution in [0.2, 0.25) is 0 Å². The molecule has 0 unspecified atom stereocenters. The predicted molar refractivity (Wildman–Crippen MR) is 67.9 cm³/mol. The van der Waals surface area contributed by atoms with Crippen LogP contribution in [0, 0.1) is 0 Å². The van der Waals surface area contributed by atoms with Crippen molar-refractivity contribution < 1.29 is 0 Å². The van der Waals surface area contributed by atoms with E-state index in [9.17, 15) is 0 Å². The number of thioether (sulfide) groups is 1. The van der Waals surface area contributed by atoms with Crippen molar-refractivity contribution in [3.8, 4) is 0 Å². The Morgan fingerprint density at radius 2 is 1.92 bits per heavy atom. The van der Waals surface area contributed by atoms with Crippen LogP contribution in [-0.4, -0.2) is 16.1 Å². The van der Waals surface area contributed by atoms with Gasteiger partial charge in [-0.2, -0.15) is 0 Å². The van der Waals surface area contributed by atoms with E-state index in [4.69, 9.17) is 47.0 Å². The second-order valence-electron chi connectivity index (χ2n) is 2.54. The summed E-state index contributed by atoms with van der Waals surface area (Å²) in [5, 5.41) is 3.48. The molecule has 0 spiro atoms. The molecule has 0 fully saturated rings. The minimum atomic E-state index is 0.0986. The molecule has 0 heterocycles. The molecular formula is C7H10Cl3NS2. The fourth-order valence-corrected chi connectivity index (χ4v) is 2.05. The van der Waals surface area contributed by atoms with Crippen LogP contribution in [-0.2, 0) is 0 Å². The number of hydrogen-bond acceptors (Lipinski definition) is 2. The van der Waals surface area contributed by atoms with E-state index < -0.39 is 0 Å². The van der Waals surface area contributed by atoms with Gasteiger partial charge >= 0.3 is 0 Å². The van der Waals surface area contributed by atoms with E-state index in [1.165, 1.54) is 11.8 Å². The Labute approximate surface area is 103 Å². The van der Waals surface area contributed by atoms with Crippen molar-refractivity contribution in [2.45, 2.75) is 19.9 Å². The van der Waals surface area contributed by atoms with Gasteiger partial charge in [-0.25, -0.2) is 0 Å². The first-order chi connectivity index (χ1) is 5.93. The molecule has 0 aliphatic rings. The summed E-state index contributed by atoms with van der Waals surface area (Å²) < 4.78 is 0.796. The molecule has 0 saturated heterocycles. The Morgan fingerprint density at radius 1 is 1.38 bits per heavy atom. The summed E-state index contributed by atoms with van der Waals surface area (Å²) in [6.45, 7) is 4.03. The molecule has 0 saturated carbocycles. The van der Waals surface area contributed by atoms with Gasteiger partial charge in [-0.05, 0) is 13.8 Å². The van der Waals surface area contributed by atoms with E-state index in [-0.39, 0.29) is 4.49 Å². The molecule has 0 atom stereocenters. The molecule has 1 nitrogen and oxygen atoms in total. The maximum Gasteiger partial charge on any atom is 0.134 e. The van der Waals surface area contributed by atoms with E-state index in [1.807, 2.05) is 13.8 Å². The van der Waals surface area contributed by atoms with Crippen LogP contribution in [0.15, 0.2) is 9.52 Å². The smallest absolute Gasteiger partial charge is 0.134 e. The lowest BCUT2D eigenvalue weighted by Gasteiger charge is -2.09. The van der Waals surface area contributed by atoms with Gasteiger partial charge in [0.25, 0.3) is 0 Å². The van der Waals surface area contributed by atoms with E-state index >= 15 is 0 Å². The summed E-state index contributed by atoms with van der Waals surface area (Å²) in [6, 6.07) is 0.328. The Balaban J connectivity index is 3.78. The van der Waals surface area contributed by atoms with Gasteiger partial charge in [-0.3, -0.25) is 0 Å². The van der Waals surface area contributed by atoms with Crippen LogP contribution < -0.4 is 5.32 Å². The van der Waals surface area contributed by atoms with Crippen molar-refractivity contribution in [2.75, 3.05) is 5.75 Å². The van der Waals surface area contributed by atoms with Crippen molar-refractivity contribution in [1.29, 1.82) is 0 Å². The molecule has 76 valence electrons. The molecule has 0 aromatic rings. The number of nitrogens with one attached hydrogen (secondary N) is 1. The van der Waals surface area contributed by atoms with Gasteiger partial charge in [0, 0.05) is 11.8 Å². The van der Waals surface area contributed by atoms with E-state index in [1.54, 1.807) is 0 Å². The summed E-state index contributed by atoms with van der Waals surface area (Å²) in [6.07, 6.45) is 0. The van der Waals surface area contributed by atoms with E-state index in [2.05, 4.69) is 5.32 Å². The highest BCUT2D eigenvalue weighted by Gasteiger charge is 2.03. The fourth-order valence-electron chi connectivity index (χ4n) is 0.461. The molecular weight excluding hydrogens is 269 g/mol. The molecule has 6 heteroatoms. The van der Waals surface area contributed by atoms with Crippen LogP contribution in [0.3, 0.4) is 0 Å². The molecule has 0 aromatic heterocycles. The molecule has 0 amide bonds. The standard InChI is InChI=1S/C7H10Cl3NS2/c1-4(2)11-7(12)13-3-5(8)6(9)10/h4H,3H2,1-2H3,(H,11,12). The van der Waals surface area contributed by atoms with E-state index in [0.29, 0.717) is 21.1 Å². The highest BCUT2D eigenvalue weighted by molar-refractivity contribution is 8.23. The lowest BCUT2D eigenvalue weighted by molar-refractivity contribution is 0.746. The maximum absolute atomic E-state index is 5.70. The van der Waals surface area contributed by atoms with Crippen molar-refractivity contribution in [1.82, 2.24) is 5.32 Å². The van der Waals surface area contributed by atoms with Gasteiger partial charge < -0.3 is 5.32 Å². The molecule has 0 aromatic carbocycles. The van der Waals surface area contributed by atoms with Crippen LogP contribution >= 0.6 is 58.8 Å². The average Bonchev–Trinajstić information content (AvgIpc) is 1.98. The van der Waals surface area contributed by atoms with Crippen LogP contribution in [0.25, 0.3) is 0 Å². The zero-order chi connectivity index (χ0) is 10.4. The number of halogens is 3. The molecule has 0 rings (SSSR count). The quantitative estimate of drug-likeness (QED) is 0.787. The second-order valence-corrected chi connectivity index (χ2v) is 5.60. The highest BCUT2D eigenvalue weighted by atomic mass is 35.5. The normalized spacial score (nSPS) is 10.0. The van der Waals surface area contributed by atoms with Crippen LogP contribution in [0.5, 0.6) is 0 Å². The SMILES string of the molecule is CC(C)NC(=S)SCC(Cl)=C(Cl)Cl. The average molecular weight is 279 g/mol. The monoisotopic (exact) mass is 277 g/mol. The van der Waals surface area contributed by atoms with Crippen molar-refractivity contribution in [3.63, 3.8) is 0 Å². The zero-order valence-corrected chi connectivity index (χ0v) is 11.1. The molecule has 13 heavy (non-hydrogen) atoms. The summed E-state index contributed by atoms with van der Waals surface area (Å²) in [4.78, 5) is 0. The topological polar surface area (TPSA) is 12.0 Å². The van der Waals surface area contributed by atoms with Crippen molar-refractivity contribution in [2.24, 2.45) is 0 Å². The number of thiocarbonyl (C=S) groups is 1. The first-order valence-electron chi connectivity index (χ1n) is 3.56. The minimum Gasteiger partial charge on any atom is -0.369 e. The van der Waals surface area contributed by atoms with Gasteiger partial charge in [0.2, 0.25) is 0 Å². The van der Waals surface area contributed by atoms with Gasteiger partial charge in [-0.1, -0.05) is 58.8 Å². The molecule has 0 aliphatic heterocycles. The van der Waals surface area contributed by atoms with Crippen LogP contribution in [0.1, 0.15) is 13.8 Å². The summed E-state index contributed by atoms with van der Waals surface area (Å²) >= 11 is 23.0. The number of rotatable bonds is 3. The van der Waals surface area contributed by atoms with E-state index in [0.717, 1.165) is 0 Å². The summed E-state index contributed by atoms with van der Waals surface area (Å²) in [5.41, 5.74) is 0. The maximum atomic E-state index is 5.70. The number of hydrogen-bond donors (Lipinski definition) is 1. The second kappa shape index (κ2) is 7.18. The Bertz CT molecular complexity index is 212. The summed E-state index contributed by atoms with van der Waals surface area (Å²) in [5.74, 6) is 0.502. The third-order valence-corrected chi connectivity index (χ3v) is 3.36. The molecule has 0 aliphatic carbocycles. The van der Waals surface area contributed by atoms with Crippen LogP contribution in [0.4, 0.5) is 0 Å². The highest BCUT2D eigenvalue weighted by Crippen LogP contribution is 2.22. The van der Waals surface area contributed by atoms with Crippen molar-refractivity contribution >= 4 is 63.1 Å².